The Morgan fingerprint density at radius 2 is 1.73 bits per heavy atom. The maximum absolute atomic E-state index is 14.4. The lowest BCUT2D eigenvalue weighted by Gasteiger charge is -2.12. The molecule has 0 saturated carbocycles. The van der Waals surface area contributed by atoms with Gasteiger partial charge in [0, 0.05) is 45.9 Å². The fraction of sp³-hybridized carbons (Fsp3) is 0.185. The van der Waals surface area contributed by atoms with E-state index < -0.39 is 23.4 Å². The molecule has 2 aromatic carbocycles. The Morgan fingerprint density at radius 3 is 2.48 bits per heavy atom. The molecule has 40 heavy (non-hydrogen) atoms. The summed E-state index contributed by atoms with van der Waals surface area (Å²) in [6, 6.07) is 13.0. The summed E-state index contributed by atoms with van der Waals surface area (Å²) in [5.74, 6) is -2.75. The zero-order valence-corrected chi connectivity index (χ0v) is 21.8. The van der Waals surface area contributed by atoms with Crippen LogP contribution in [0.25, 0.3) is 16.7 Å². The van der Waals surface area contributed by atoms with Crippen LogP contribution in [0.2, 0.25) is 0 Å². The Kier molecular flexibility index (Phi) is 6.86. The summed E-state index contributed by atoms with van der Waals surface area (Å²) in [7, 11) is 4.86. The van der Waals surface area contributed by atoms with Gasteiger partial charge >= 0.3 is 5.76 Å². The van der Waals surface area contributed by atoms with Crippen LogP contribution < -0.4 is 16.4 Å². The number of rotatable bonds is 7. The molecule has 5 rings (SSSR count). The number of hydrogen-bond donors (Lipinski definition) is 2. The van der Waals surface area contributed by atoms with Crippen molar-refractivity contribution in [3.63, 3.8) is 0 Å². The average Bonchev–Trinajstić information content (AvgIpc) is 3.47. The highest BCUT2D eigenvalue weighted by molar-refractivity contribution is 5.98. The molecule has 3 aromatic heterocycles. The number of nitrogens with zero attached hydrogens (tertiary/aromatic N) is 5. The van der Waals surface area contributed by atoms with E-state index in [2.05, 4.69) is 20.7 Å². The fourth-order valence-corrected chi connectivity index (χ4v) is 4.11. The van der Waals surface area contributed by atoms with Crippen molar-refractivity contribution in [1.29, 1.82) is 0 Å². The number of carbonyl (C=O) groups excluding carboxylic acids is 3. The topological polar surface area (TPSA) is 144 Å². The minimum Gasteiger partial charge on any atom is -0.408 e. The second-order valence-electron chi connectivity index (χ2n) is 9.25. The molecule has 0 unspecified atom stereocenters. The van der Waals surface area contributed by atoms with Gasteiger partial charge in [-0.2, -0.15) is 5.10 Å². The van der Waals surface area contributed by atoms with E-state index in [0.29, 0.717) is 27.8 Å². The molecule has 13 heteroatoms. The third kappa shape index (κ3) is 5.04. The number of benzene rings is 2. The summed E-state index contributed by atoms with van der Waals surface area (Å²) in [6.07, 6.45) is 0.904. The first-order valence-corrected chi connectivity index (χ1v) is 12.1. The maximum Gasteiger partial charge on any atom is 0.419 e. The number of aryl methyl sites for hydroxylation is 1. The van der Waals surface area contributed by atoms with Gasteiger partial charge in [0.2, 0.25) is 0 Å². The first-order valence-electron chi connectivity index (χ1n) is 12.1. The number of halogens is 1. The van der Waals surface area contributed by atoms with Gasteiger partial charge in [0.15, 0.2) is 17.0 Å². The van der Waals surface area contributed by atoms with Crippen LogP contribution in [0.5, 0.6) is 0 Å². The Hall–Kier alpha value is -5.33. The normalized spacial score (nSPS) is 11.1. The summed E-state index contributed by atoms with van der Waals surface area (Å²) < 4.78 is 21.9. The molecule has 12 nitrogen and oxygen atoms in total. The number of fused-ring (bicyclic) bond motifs is 2. The zero-order chi connectivity index (χ0) is 28.6. The van der Waals surface area contributed by atoms with E-state index >= 15 is 0 Å². The third-order valence-corrected chi connectivity index (χ3v) is 6.24. The van der Waals surface area contributed by atoms with Gasteiger partial charge in [-0.15, -0.1) is 0 Å². The van der Waals surface area contributed by atoms with E-state index in [1.165, 1.54) is 15.5 Å². The first-order chi connectivity index (χ1) is 19.1. The Morgan fingerprint density at radius 1 is 1.00 bits per heavy atom. The molecule has 3 amide bonds. The van der Waals surface area contributed by atoms with Crippen LogP contribution in [-0.2, 0) is 20.1 Å². The van der Waals surface area contributed by atoms with Crippen LogP contribution in [-0.4, -0.2) is 55.9 Å². The smallest absolute Gasteiger partial charge is 0.408 e. The van der Waals surface area contributed by atoms with Gasteiger partial charge in [0.05, 0.1) is 11.7 Å². The van der Waals surface area contributed by atoms with Crippen molar-refractivity contribution in [3.05, 3.63) is 99.2 Å². The molecule has 5 aromatic rings. The minimum absolute atomic E-state index is 0.0709. The number of aromatic nitrogens is 4. The maximum atomic E-state index is 14.4. The van der Waals surface area contributed by atoms with Crippen molar-refractivity contribution < 1.29 is 23.2 Å². The molecular formula is C27H24FN7O5. The number of nitrogens with one attached hydrogen (secondary N) is 2. The molecule has 2 N–H and O–H groups in total. The molecule has 0 saturated heterocycles. The molecular weight excluding hydrogens is 521 g/mol. The molecule has 0 aliphatic carbocycles. The van der Waals surface area contributed by atoms with Gasteiger partial charge in [0.1, 0.15) is 11.4 Å². The molecule has 0 aliphatic rings. The van der Waals surface area contributed by atoms with Gasteiger partial charge in [0.25, 0.3) is 17.7 Å². The lowest BCUT2D eigenvalue weighted by Crippen LogP contribution is -2.28. The number of amides is 3. The largest absolute Gasteiger partial charge is 0.419 e. The molecule has 204 valence electrons. The van der Waals surface area contributed by atoms with Crippen molar-refractivity contribution in [2.45, 2.75) is 13.1 Å². The number of oxazole rings is 1. The highest BCUT2D eigenvalue weighted by Crippen LogP contribution is 2.16. The van der Waals surface area contributed by atoms with E-state index in [0.717, 1.165) is 10.7 Å². The van der Waals surface area contributed by atoms with Crippen LogP contribution in [0, 0.1) is 5.82 Å². The highest BCUT2D eigenvalue weighted by atomic mass is 19.1. The molecule has 0 fully saturated rings. The predicted molar refractivity (Wildman–Crippen MR) is 141 cm³/mol. The van der Waals surface area contributed by atoms with Crippen LogP contribution >= 0.6 is 0 Å². The molecule has 0 spiro atoms. The Bertz CT molecular complexity index is 1850. The van der Waals surface area contributed by atoms with Gasteiger partial charge in [-0.05, 0) is 35.4 Å². The standard InChI is InChI=1S/C27H24FN7O5/c1-33(2)26(38)17-6-4-5-15(9-17)12-30-25(37)21-11-19(32-23-18(28)14-31-35(21)23)24(36)29-13-16-7-8-22-20(10-16)34(3)27(39)40-22/h4-11,14H,12-13H2,1-3H3,(H,29,36)(H,30,37). The third-order valence-electron chi connectivity index (χ3n) is 6.24. The van der Waals surface area contributed by atoms with E-state index in [4.69, 9.17) is 4.42 Å². The van der Waals surface area contributed by atoms with Gasteiger partial charge < -0.3 is 20.0 Å². The van der Waals surface area contributed by atoms with E-state index in [-0.39, 0.29) is 36.0 Å². The summed E-state index contributed by atoms with van der Waals surface area (Å²) in [6.45, 7) is 0.147. The van der Waals surface area contributed by atoms with Crippen LogP contribution in [0.15, 0.2) is 63.9 Å². The highest BCUT2D eigenvalue weighted by Gasteiger charge is 2.20. The Labute approximate surface area is 226 Å². The summed E-state index contributed by atoms with van der Waals surface area (Å²) in [5.41, 5.74) is 2.22. The molecule has 0 aliphatic heterocycles. The molecule has 0 atom stereocenters. The van der Waals surface area contributed by atoms with Gasteiger partial charge in [-0.3, -0.25) is 19.0 Å². The van der Waals surface area contributed by atoms with Crippen LogP contribution in [0.1, 0.15) is 42.5 Å². The lowest BCUT2D eigenvalue weighted by atomic mass is 10.1. The zero-order valence-electron chi connectivity index (χ0n) is 21.8. The van der Waals surface area contributed by atoms with Crippen molar-refractivity contribution in [3.8, 4) is 0 Å². The number of carbonyl (C=O) groups is 3. The molecule has 3 heterocycles. The summed E-state index contributed by atoms with van der Waals surface area (Å²) in [4.78, 5) is 55.6. The average molecular weight is 546 g/mol. The van der Waals surface area contributed by atoms with Gasteiger partial charge in [-0.25, -0.2) is 18.7 Å². The predicted octanol–water partition coefficient (Wildman–Crippen LogP) is 1.88. The van der Waals surface area contributed by atoms with Crippen LogP contribution in [0.4, 0.5) is 4.39 Å². The quantitative estimate of drug-likeness (QED) is 0.318. The van der Waals surface area contributed by atoms with Gasteiger partial charge in [-0.1, -0.05) is 18.2 Å². The van der Waals surface area contributed by atoms with E-state index in [9.17, 15) is 23.6 Å². The number of hydrogen-bond acceptors (Lipinski definition) is 7. The fourth-order valence-electron chi connectivity index (χ4n) is 4.11. The van der Waals surface area contributed by atoms with Crippen molar-refractivity contribution in [1.82, 2.24) is 34.7 Å². The summed E-state index contributed by atoms with van der Waals surface area (Å²) in [5, 5.41) is 9.29. The molecule has 0 radical (unpaired) electrons. The minimum atomic E-state index is -0.801. The molecule has 0 bridgehead atoms. The monoisotopic (exact) mass is 545 g/mol. The first kappa shape index (κ1) is 26.3. The van der Waals surface area contributed by atoms with E-state index in [1.54, 1.807) is 63.6 Å². The van der Waals surface area contributed by atoms with E-state index in [1.807, 2.05) is 0 Å². The second-order valence-corrected chi connectivity index (χ2v) is 9.25. The SMILES string of the molecule is CN(C)C(=O)c1cccc(CNC(=O)c2cc(C(=O)NCc3ccc4oc(=O)n(C)c4c3)nc3c(F)cnn23)c1. The van der Waals surface area contributed by atoms with Crippen molar-refractivity contribution >= 4 is 34.5 Å². The van der Waals surface area contributed by atoms with Crippen molar-refractivity contribution in [2.24, 2.45) is 7.05 Å². The van der Waals surface area contributed by atoms with Crippen LogP contribution in [0.3, 0.4) is 0 Å². The Balaban J connectivity index is 1.35. The lowest BCUT2D eigenvalue weighted by molar-refractivity contribution is 0.0827. The second kappa shape index (κ2) is 10.4. The summed E-state index contributed by atoms with van der Waals surface area (Å²) >= 11 is 0. The van der Waals surface area contributed by atoms with Crippen molar-refractivity contribution in [2.75, 3.05) is 14.1 Å².